The monoisotopic (exact) mass is 200 g/mol. The third-order valence-corrected chi connectivity index (χ3v) is 2.09. The molecule has 0 aromatic carbocycles. The Balaban J connectivity index is 4.69. The lowest BCUT2D eigenvalue weighted by Gasteiger charge is -2.33. The molecule has 0 heterocycles. The Morgan fingerprint density at radius 2 is 1.36 bits per heavy atom. The van der Waals surface area contributed by atoms with Gasteiger partial charge in [-0.3, -0.25) is 9.69 Å². The normalized spacial score (nSPS) is 10.6. The molecule has 82 valence electrons. The summed E-state index contributed by atoms with van der Waals surface area (Å²) in [6.07, 6.45) is 0. The Kier molecular flexibility index (Phi) is 4.60. The van der Waals surface area contributed by atoms with Crippen molar-refractivity contribution < 1.29 is 9.59 Å². The molecular weight excluding hydrogens is 180 g/mol. The molecule has 14 heavy (non-hydrogen) atoms. The van der Waals surface area contributed by atoms with Crippen LogP contribution in [0.5, 0.6) is 0 Å². The molecule has 4 heteroatoms. The first-order valence-electron chi connectivity index (χ1n) is 4.85. The molecule has 0 N–H and O–H groups in total. The van der Waals surface area contributed by atoms with Gasteiger partial charge < -0.3 is 4.90 Å². The van der Waals surface area contributed by atoms with E-state index >= 15 is 0 Å². The van der Waals surface area contributed by atoms with E-state index in [1.54, 1.807) is 4.90 Å². The van der Waals surface area contributed by atoms with Gasteiger partial charge in [0.2, 0.25) is 5.91 Å². The highest BCUT2D eigenvalue weighted by Gasteiger charge is 2.24. The third kappa shape index (κ3) is 3.01. The van der Waals surface area contributed by atoms with Crippen LogP contribution in [0.1, 0.15) is 34.6 Å². The minimum Gasteiger partial charge on any atom is -0.319 e. The zero-order valence-corrected chi connectivity index (χ0v) is 9.87. The molecule has 0 saturated carbocycles. The number of carbonyl (C=O) groups is 2. The predicted molar refractivity (Wildman–Crippen MR) is 56.0 cm³/mol. The minimum absolute atomic E-state index is 0.101. The standard InChI is InChI=1S/C10H20N2O2/c1-7(2)12(8(3)4)10(14)11(6)9(5)13/h7-8H,1-6H3. The molecule has 0 atom stereocenters. The Labute approximate surface area is 85.9 Å². The van der Waals surface area contributed by atoms with Crippen LogP contribution in [0.3, 0.4) is 0 Å². The first kappa shape index (κ1) is 12.9. The van der Waals surface area contributed by atoms with E-state index in [2.05, 4.69) is 0 Å². The minimum atomic E-state index is -0.235. The topological polar surface area (TPSA) is 40.6 Å². The summed E-state index contributed by atoms with van der Waals surface area (Å²) in [5.74, 6) is -0.235. The third-order valence-electron chi connectivity index (χ3n) is 2.09. The van der Waals surface area contributed by atoms with Crippen molar-refractivity contribution in [2.75, 3.05) is 7.05 Å². The van der Waals surface area contributed by atoms with Gasteiger partial charge in [-0.05, 0) is 27.7 Å². The van der Waals surface area contributed by atoms with Crippen LogP contribution in [0.4, 0.5) is 4.79 Å². The second-order valence-electron chi connectivity index (χ2n) is 3.96. The number of imide groups is 1. The lowest BCUT2D eigenvalue weighted by atomic mass is 10.2. The SMILES string of the molecule is CC(=O)N(C)C(=O)N(C(C)C)C(C)C. The Bertz CT molecular complexity index is 216. The molecule has 0 aliphatic heterocycles. The van der Waals surface area contributed by atoms with Crippen molar-refractivity contribution in [3.05, 3.63) is 0 Å². The molecule has 0 aliphatic carbocycles. The van der Waals surface area contributed by atoms with Crippen molar-refractivity contribution in [2.24, 2.45) is 0 Å². The molecule has 0 aromatic rings. The molecule has 0 bridgehead atoms. The maximum absolute atomic E-state index is 11.8. The van der Waals surface area contributed by atoms with E-state index in [4.69, 9.17) is 0 Å². The van der Waals surface area contributed by atoms with Crippen molar-refractivity contribution in [2.45, 2.75) is 46.7 Å². The zero-order valence-electron chi connectivity index (χ0n) is 9.87. The van der Waals surface area contributed by atoms with Gasteiger partial charge in [-0.2, -0.15) is 0 Å². The van der Waals surface area contributed by atoms with Gasteiger partial charge in [0.05, 0.1) is 0 Å². The quantitative estimate of drug-likeness (QED) is 0.680. The highest BCUT2D eigenvalue weighted by atomic mass is 16.2. The van der Waals surface area contributed by atoms with E-state index in [1.165, 1.54) is 14.0 Å². The second kappa shape index (κ2) is 4.98. The van der Waals surface area contributed by atoms with Crippen molar-refractivity contribution >= 4 is 11.9 Å². The summed E-state index contributed by atoms with van der Waals surface area (Å²) in [6.45, 7) is 9.13. The fraction of sp³-hybridized carbons (Fsp3) is 0.800. The Morgan fingerprint density at radius 1 is 1.00 bits per heavy atom. The fourth-order valence-corrected chi connectivity index (χ4v) is 1.35. The molecule has 0 unspecified atom stereocenters. The van der Waals surface area contributed by atoms with Gasteiger partial charge in [0.15, 0.2) is 0 Å². The molecule has 0 saturated heterocycles. The lowest BCUT2D eigenvalue weighted by Crippen LogP contribution is -2.49. The number of nitrogens with zero attached hydrogens (tertiary/aromatic N) is 2. The summed E-state index contributed by atoms with van der Waals surface area (Å²) in [4.78, 5) is 25.6. The molecule has 0 rings (SSSR count). The highest BCUT2D eigenvalue weighted by molar-refractivity contribution is 5.93. The lowest BCUT2D eigenvalue weighted by molar-refractivity contribution is -0.125. The van der Waals surface area contributed by atoms with E-state index in [0.717, 1.165) is 4.90 Å². The molecule has 0 radical (unpaired) electrons. The average Bonchev–Trinajstić information content (AvgIpc) is 2.01. The number of hydrogen-bond donors (Lipinski definition) is 0. The van der Waals surface area contributed by atoms with E-state index in [9.17, 15) is 9.59 Å². The summed E-state index contributed by atoms with van der Waals surface area (Å²) in [5, 5.41) is 0. The summed E-state index contributed by atoms with van der Waals surface area (Å²) >= 11 is 0. The number of carbonyl (C=O) groups excluding carboxylic acids is 2. The van der Waals surface area contributed by atoms with Crippen LogP contribution < -0.4 is 0 Å². The van der Waals surface area contributed by atoms with Crippen molar-refractivity contribution in [3.63, 3.8) is 0 Å². The molecule has 0 aromatic heterocycles. The molecule has 4 nitrogen and oxygen atoms in total. The molecule has 0 aliphatic rings. The smallest absolute Gasteiger partial charge is 0.319 e. The molecule has 0 spiro atoms. The van der Waals surface area contributed by atoms with Gasteiger partial charge in [0.1, 0.15) is 0 Å². The molecule has 0 fully saturated rings. The number of hydrogen-bond acceptors (Lipinski definition) is 2. The van der Waals surface area contributed by atoms with Crippen molar-refractivity contribution in [3.8, 4) is 0 Å². The van der Waals surface area contributed by atoms with E-state index in [-0.39, 0.29) is 24.0 Å². The molecule has 3 amide bonds. The number of urea groups is 1. The van der Waals surface area contributed by atoms with Crippen LogP contribution >= 0.6 is 0 Å². The van der Waals surface area contributed by atoms with Gasteiger partial charge in [-0.15, -0.1) is 0 Å². The second-order valence-corrected chi connectivity index (χ2v) is 3.96. The van der Waals surface area contributed by atoms with Crippen LogP contribution in [0, 0.1) is 0 Å². The predicted octanol–water partition coefficient (Wildman–Crippen LogP) is 1.70. The van der Waals surface area contributed by atoms with Gasteiger partial charge in [-0.1, -0.05) is 0 Å². The summed E-state index contributed by atoms with van der Waals surface area (Å²) in [5.41, 5.74) is 0. The maximum Gasteiger partial charge on any atom is 0.326 e. The molecular formula is C10H20N2O2. The van der Waals surface area contributed by atoms with Crippen molar-refractivity contribution in [1.82, 2.24) is 9.80 Å². The Morgan fingerprint density at radius 3 is 1.57 bits per heavy atom. The van der Waals surface area contributed by atoms with Crippen LogP contribution in [0.25, 0.3) is 0 Å². The van der Waals surface area contributed by atoms with E-state index in [1.807, 2.05) is 27.7 Å². The van der Waals surface area contributed by atoms with Gasteiger partial charge in [0, 0.05) is 26.1 Å². The van der Waals surface area contributed by atoms with E-state index < -0.39 is 0 Å². The van der Waals surface area contributed by atoms with Crippen molar-refractivity contribution in [1.29, 1.82) is 0 Å². The van der Waals surface area contributed by atoms with E-state index in [0.29, 0.717) is 0 Å². The highest BCUT2D eigenvalue weighted by Crippen LogP contribution is 2.08. The van der Waals surface area contributed by atoms with Gasteiger partial charge in [-0.25, -0.2) is 4.79 Å². The van der Waals surface area contributed by atoms with Gasteiger partial charge >= 0.3 is 6.03 Å². The van der Waals surface area contributed by atoms with Crippen LogP contribution in [0.2, 0.25) is 0 Å². The summed E-state index contributed by atoms with van der Waals surface area (Å²) < 4.78 is 0. The number of rotatable bonds is 2. The Hall–Kier alpha value is -1.06. The maximum atomic E-state index is 11.8. The van der Waals surface area contributed by atoms with Crippen LogP contribution in [0.15, 0.2) is 0 Å². The largest absolute Gasteiger partial charge is 0.326 e. The zero-order chi connectivity index (χ0) is 11.5. The van der Waals surface area contributed by atoms with Crippen LogP contribution in [-0.2, 0) is 4.79 Å². The summed E-state index contributed by atoms with van der Waals surface area (Å²) in [6, 6.07) is -0.0314. The number of amides is 3. The van der Waals surface area contributed by atoms with Crippen LogP contribution in [-0.4, -0.2) is 40.9 Å². The first-order chi connectivity index (χ1) is 6.29. The first-order valence-corrected chi connectivity index (χ1v) is 4.85. The summed E-state index contributed by atoms with van der Waals surface area (Å²) in [7, 11) is 1.50. The average molecular weight is 200 g/mol. The fourth-order valence-electron chi connectivity index (χ4n) is 1.35. The van der Waals surface area contributed by atoms with Gasteiger partial charge in [0.25, 0.3) is 0 Å².